The van der Waals surface area contributed by atoms with Crippen molar-refractivity contribution in [3.8, 4) is 0 Å². The van der Waals surface area contributed by atoms with E-state index in [1.165, 1.54) is 32.1 Å². The van der Waals surface area contributed by atoms with Crippen LogP contribution in [0.15, 0.2) is 24.3 Å². The van der Waals surface area contributed by atoms with E-state index < -0.39 is 5.97 Å². The van der Waals surface area contributed by atoms with Gasteiger partial charge in [-0.15, -0.1) is 0 Å². The van der Waals surface area contributed by atoms with Crippen molar-refractivity contribution in [2.75, 3.05) is 6.54 Å². The number of carboxylic acid groups (broad SMARTS) is 1. The smallest absolute Gasteiger partial charge is 0.336 e. The van der Waals surface area contributed by atoms with Crippen LogP contribution in [0.25, 0.3) is 0 Å². The Balaban J connectivity index is 1.78. The molecule has 0 unspecified atom stereocenters. The van der Waals surface area contributed by atoms with Gasteiger partial charge in [-0.25, -0.2) is 4.79 Å². The standard InChI is InChI=1S/C17H25NO2/c1-2-13-7-9-14(10-8-13)11-18-12-15-5-3-4-6-16(15)17(19)20/h3-6,13-14,18H,2,7-12H2,1H3,(H,19,20). The Bertz CT molecular complexity index is 436. The summed E-state index contributed by atoms with van der Waals surface area (Å²) in [5.74, 6) is 0.847. The van der Waals surface area contributed by atoms with Gasteiger partial charge in [0.05, 0.1) is 5.56 Å². The van der Waals surface area contributed by atoms with Gasteiger partial charge >= 0.3 is 5.97 Å². The lowest BCUT2D eigenvalue weighted by atomic mass is 9.81. The predicted molar refractivity (Wildman–Crippen MR) is 80.8 cm³/mol. The van der Waals surface area contributed by atoms with Gasteiger partial charge in [-0.2, -0.15) is 0 Å². The number of hydrogen-bond acceptors (Lipinski definition) is 2. The van der Waals surface area contributed by atoms with Gasteiger partial charge in [0, 0.05) is 6.54 Å². The third kappa shape index (κ3) is 4.07. The molecule has 0 saturated heterocycles. The quantitative estimate of drug-likeness (QED) is 0.832. The molecule has 0 aliphatic heterocycles. The third-order valence-electron chi connectivity index (χ3n) is 4.54. The number of nitrogens with one attached hydrogen (secondary N) is 1. The first kappa shape index (κ1) is 15.0. The topological polar surface area (TPSA) is 49.3 Å². The van der Waals surface area contributed by atoms with Crippen molar-refractivity contribution in [1.82, 2.24) is 5.32 Å². The second kappa shape index (κ2) is 7.44. The molecule has 0 atom stereocenters. The van der Waals surface area contributed by atoms with Crippen molar-refractivity contribution in [3.63, 3.8) is 0 Å². The summed E-state index contributed by atoms with van der Waals surface area (Å²) in [6, 6.07) is 7.24. The van der Waals surface area contributed by atoms with Gasteiger partial charge in [-0.05, 0) is 42.9 Å². The van der Waals surface area contributed by atoms with Gasteiger partial charge in [0.25, 0.3) is 0 Å². The average molecular weight is 275 g/mol. The zero-order valence-electron chi connectivity index (χ0n) is 12.3. The van der Waals surface area contributed by atoms with E-state index in [1.54, 1.807) is 12.1 Å². The second-order valence-corrected chi connectivity index (χ2v) is 5.89. The molecule has 1 aliphatic rings. The van der Waals surface area contributed by atoms with Crippen molar-refractivity contribution in [2.24, 2.45) is 11.8 Å². The van der Waals surface area contributed by atoms with Gasteiger partial charge in [0.15, 0.2) is 0 Å². The van der Waals surface area contributed by atoms with Gasteiger partial charge in [-0.1, -0.05) is 44.4 Å². The van der Waals surface area contributed by atoms with Crippen LogP contribution in [0, 0.1) is 11.8 Å². The number of rotatable bonds is 6. The van der Waals surface area contributed by atoms with Gasteiger partial charge in [-0.3, -0.25) is 0 Å². The Morgan fingerprint density at radius 3 is 2.50 bits per heavy atom. The van der Waals surface area contributed by atoms with Gasteiger partial charge < -0.3 is 10.4 Å². The van der Waals surface area contributed by atoms with Crippen LogP contribution in [0.5, 0.6) is 0 Å². The van der Waals surface area contributed by atoms with Crippen LogP contribution in [0.1, 0.15) is 54.9 Å². The molecular weight excluding hydrogens is 250 g/mol. The normalized spacial score (nSPS) is 22.6. The fourth-order valence-corrected chi connectivity index (χ4v) is 3.14. The summed E-state index contributed by atoms with van der Waals surface area (Å²) >= 11 is 0. The minimum atomic E-state index is -0.842. The molecule has 20 heavy (non-hydrogen) atoms. The Morgan fingerprint density at radius 2 is 1.85 bits per heavy atom. The zero-order valence-corrected chi connectivity index (χ0v) is 12.3. The van der Waals surface area contributed by atoms with E-state index in [4.69, 9.17) is 5.11 Å². The van der Waals surface area contributed by atoms with Crippen LogP contribution in [-0.2, 0) is 6.54 Å². The Morgan fingerprint density at radius 1 is 1.20 bits per heavy atom. The van der Waals surface area contributed by atoms with E-state index in [0.717, 1.165) is 23.9 Å². The largest absolute Gasteiger partial charge is 0.478 e. The maximum atomic E-state index is 11.1. The molecule has 1 aromatic rings. The lowest BCUT2D eigenvalue weighted by Gasteiger charge is -2.28. The molecule has 3 heteroatoms. The lowest BCUT2D eigenvalue weighted by molar-refractivity contribution is 0.0695. The van der Waals surface area contributed by atoms with Crippen molar-refractivity contribution >= 4 is 5.97 Å². The highest BCUT2D eigenvalue weighted by atomic mass is 16.4. The molecule has 2 N–H and O–H groups in total. The molecule has 0 spiro atoms. The van der Waals surface area contributed by atoms with Crippen molar-refractivity contribution in [2.45, 2.75) is 45.6 Å². The molecule has 110 valence electrons. The summed E-state index contributed by atoms with van der Waals surface area (Å²) in [7, 11) is 0. The van der Waals surface area contributed by atoms with E-state index in [-0.39, 0.29) is 0 Å². The van der Waals surface area contributed by atoms with E-state index in [1.807, 2.05) is 12.1 Å². The zero-order chi connectivity index (χ0) is 14.4. The van der Waals surface area contributed by atoms with E-state index in [0.29, 0.717) is 12.1 Å². The SMILES string of the molecule is CCC1CCC(CNCc2ccccc2C(=O)O)CC1. The predicted octanol–water partition coefficient (Wildman–Crippen LogP) is 3.69. The summed E-state index contributed by atoms with van der Waals surface area (Å²) < 4.78 is 0. The first-order chi connectivity index (χ1) is 9.70. The number of carbonyl (C=O) groups is 1. The first-order valence-electron chi connectivity index (χ1n) is 7.72. The lowest BCUT2D eigenvalue weighted by Crippen LogP contribution is -2.26. The van der Waals surface area contributed by atoms with Crippen LogP contribution in [-0.4, -0.2) is 17.6 Å². The summed E-state index contributed by atoms with van der Waals surface area (Å²) in [5, 5.41) is 12.6. The highest BCUT2D eigenvalue weighted by Gasteiger charge is 2.19. The van der Waals surface area contributed by atoms with Gasteiger partial charge in [0.1, 0.15) is 0 Å². The average Bonchev–Trinajstić information content (AvgIpc) is 2.48. The first-order valence-corrected chi connectivity index (χ1v) is 7.72. The van der Waals surface area contributed by atoms with E-state index >= 15 is 0 Å². The highest BCUT2D eigenvalue weighted by Crippen LogP contribution is 2.30. The summed E-state index contributed by atoms with van der Waals surface area (Å²) in [6.07, 6.45) is 6.65. The molecule has 1 aromatic carbocycles. The highest BCUT2D eigenvalue weighted by molar-refractivity contribution is 5.89. The number of hydrogen-bond donors (Lipinski definition) is 2. The van der Waals surface area contributed by atoms with Gasteiger partial charge in [0.2, 0.25) is 0 Å². The molecular formula is C17H25NO2. The molecule has 1 saturated carbocycles. The number of benzene rings is 1. The molecule has 1 fully saturated rings. The Hall–Kier alpha value is -1.35. The Kier molecular flexibility index (Phi) is 5.60. The molecule has 1 aliphatic carbocycles. The molecule has 0 amide bonds. The molecule has 0 aromatic heterocycles. The van der Waals surface area contributed by atoms with Crippen molar-refractivity contribution < 1.29 is 9.90 Å². The van der Waals surface area contributed by atoms with Crippen LogP contribution in [0.3, 0.4) is 0 Å². The summed E-state index contributed by atoms with van der Waals surface area (Å²) in [6.45, 7) is 3.94. The monoisotopic (exact) mass is 275 g/mol. The van der Waals surface area contributed by atoms with Crippen LogP contribution >= 0.6 is 0 Å². The summed E-state index contributed by atoms with van der Waals surface area (Å²) in [5.41, 5.74) is 1.29. The summed E-state index contributed by atoms with van der Waals surface area (Å²) in [4.78, 5) is 11.1. The molecule has 0 bridgehead atoms. The van der Waals surface area contributed by atoms with Crippen LogP contribution in [0.4, 0.5) is 0 Å². The van der Waals surface area contributed by atoms with Crippen LogP contribution < -0.4 is 5.32 Å². The third-order valence-corrected chi connectivity index (χ3v) is 4.54. The molecule has 2 rings (SSSR count). The minimum Gasteiger partial charge on any atom is -0.478 e. The number of aromatic carboxylic acids is 1. The molecule has 0 radical (unpaired) electrons. The fourth-order valence-electron chi connectivity index (χ4n) is 3.14. The fraction of sp³-hybridized carbons (Fsp3) is 0.588. The Labute approximate surface area is 121 Å². The maximum absolute atomic E-state index is 11.1. The van der Waals surface area contributed by atoms with E-state index in [9.17, 15) is 4.79 Å². The number of carboxylic acids is 1. The van der Waals surface area contributed by atoms with Crippen molar-refractivity contribution in [1.29, 1.82) is 0 Å². The minimum absolute atomic E-state index is 0.412. The maximum Gasteiger partial charge on any atom is 0.336 e. The van der Waals surface area contributed by atoms with Crippen LogP contribution in [0.2, 0.25) is 0 Å². The molecule has 0 heterocycles. The van der Waals surface area contributed by atoms with E-state index in [2.05, 4.69) is 12.2 Å². The van der Waals surface area contributed by atoms with Crippen molar-refractivity contribution in [3.05, 3.63) is 35.4 Å². The molecule has 3 nitrogen and oxygen atoms in total. The second-order valence-electron chi connectivity index (χ2n) is 5.89.